The summed E-state index contributed by atoms with van der Waals surface area (Å²) >= 11 is 0. The van der Waals surface area contributed by atoms with Gasteiger partial charge in [0.15, 0.2) is 11.3 Å². The molecule has 28 heteroatoms. The van der Waals surface area contributed by atoms with Gasteiger partial charge in [0, 0.05) is 46.8 Å². The van der Waals surface area contributed by atoms with Crippen LogP contribution in [-0.4, -0.2) is 220 Å². The number of ether oxygens (including phenoxy) is 2. The Hall–Kier alpha value is -8.72. The molecular formula is C64H90N12O16. The Morgan fingerprint density at radius 1 is 0.674 bits per heavy atom. The maximum Gasteiger partial charge on any atom is 0.329 e. The fourth-order valence-electron chi connectivity index (χ4n) is 12.7. The van der Waals surface area contributed by atoms with E-state index in [-0.39, 0.29) is 66.3 Å². The van der Waals surface area contributed by atoms with E-state index in [0.717, 1.165) is 9.80 Å². The number of anilines is 1. The van der Waals surface area contributed by atoms with Gasteiger partial charge in [0.05, 0.1) is 29.9 Å². The first kappa shape index (κ1) is 70.7. The number of hydrogen-bond acceptors (Lipinski definition) is 18. The second kappa shape index (κ2) is 28.8. The summed E-state index contributed by atoms with van der Waals surface area (Å²) in [4.78, 5) is 200. The Balaban J connectivity index is 1.33. The highest BCUT2D eigenvalue weighted by molar-refractivity contribution is 6.10. The average Bonchev–Trinajstić information content (AvgIpc) is 0.787. The molecule has 5 aliphatic heterocycles. The van der Waals surface area contributed by atoms with Crippen LogP contribution in [-0.2, 0) is 57.4 Å². The van der Waals surface area contributed by atoms with Crippen molar-refractivity contribution in [3.8, 4) is 11.5 Å². The predicted octanol–water partition coefficient (Wildman–Crippen LogP) is 1.51. The average molecular weight is 1280 g/mol. The summed E-state index contributed by atoms with van der Waals surface area (Å²) in [7, 11) is 5.61. The van der Waals surface area contributed by atoms with E-state index in [4.69, 9.17) is 24.6 Å². The van der Waals surface area contributed by atoms with Crippen LogP contribution in [0.2, 0.25) is 0 Å². The Morgan fingerprint density at radius 2 is 1.15 bits per heavy atom. The van der Waals surface area contributed by atoms with Crippen LogP contribution in [0.3, 0.4) is 0 Å². The molecule has 4 saturated heterocycles. The number of amides is 10. The first-order valence-corrected chi connectivity index (χ1v) is 31.5. The molecule has 7 rings (SSSR count). The summed E-state index contributed by atoms with van der Waals surface area (Å²) in [5, 5.41) is 10.8. The second-order valence-corrected chi connectivity index (χ2v) is 26.1. The Kier molecular flexibility index (Phi) is 22.2. The summed E-state index contributed by atoms with van der Waals surface area (Å²) in [6.07, 6.45) is -1.20. The third kappa shape index (κ3) is 14.5. The monoisotopic (exact) mass is 1280 g/mol. The van der Waals surface area contributed by atoms with Gasteiger partial charge < -0.3 is 70.3 Å². The molecule has 1 aromatic rings. The number of fused-ring (bicyclic) bond motifs is 4. The number of nitrogen functional groups attached to an aromatic ring is 1. The van der Waals surface area contributed by atoms with Crippen LogP contribution in [0, 0.1) is 37.5 Å². The van der Waals surface area contributed by atoms with E-state index in [2.05, 4.69) is 21.3 Å². The van der Waals surface area contributed by atoms with Gasteiger partial charge in [-0.1, -0.05) is 67.9 Å². The molecule has 0 bridgehead atoms. The highest BCUT2D eigenvalue weighted by Gasteiger charge is 2.46. The van der Waals surface area contributed by atoms with E-state index in [1.54, 1.807) is 48.5 Å². The molecule has 5 heterocycles. The van der Waals surface area contributed by atoms with E-state index >= 15 is 14.4 Å². The molecule has 0 radical (unpaired) electrons. The zero-order chi connectivity index (χ0) is 68.4. The van der Waals surface area contributed by atoms with Gasteiger partial charge in [-0.05, 0) is 95.1 Å². The molecule has 6 N–H and O–H groups in total. The van der Waals surface area contributed by atoms with E-state index < -0.39 is 185 Å². The SMILES string of the molecule is CCC(C)C1NC(=O)C(NC(=O)c2c3nc4c(C(=O)NC5C(=O)NC(CC(C)C)C(=O)N6CCCC6C(=O)N(C)CC(=O)N(C)C(C(C)C)C(=O)OC5C)ccc(C)c4oc-3c(C)c(=O)c2N)C(C)OC(=O)C(C(C)C)N(C)C(=O)CN(C)C(=O)C2CCCN2C1=O. The Labute approximate surface area is 535 Å². The number of nitrogens with zero attached hydrogens (tertiary/aromatic N) is 7. The van der Waals surface area contributed by atoms with E-state index in [1.807, 2.05) is 13.8 Å². The molecule has 11 atom stereocenters. The number of cyclic esters (lactones) is 2. The fraction of sp³-hybridized carbons (Fsp3) is 0.625. The Bertz CT molecular complexity index is 3460. The molecule has 1 aromatic carbocycles. The normalized spacial score (nSPS) is 26.2. The first-order valence-electron chi connectivity index (χ1n) is 31.5. The lowest BCUT2D eigenvalue weighted by Crippen LogP contribution is -2.61. The van der Waals surface area contributed by atoms with Gasteiger partial charge >= 0.3 is 11.9 Å². The van der Waals surface area contributed by atoms with Crippen LogP contribution in [0.25, 0.3) is 22.6 Å². The third-order valence-electron chi connectivity index (χ3n) is 18.2. The summed E-state index contributed by atoms with van der Waals surface area (Å²) in [5.74, 6) is -11.8. The third-order valence-corrected chi connectivity index (χ3v) is 18.2. The summed E-state index contributed by atoms with van der Waals surface area (Å²) in [5.41, 5.74) is 3.63. The van der Waals surface area contributed by atoms with E-state index in [0.29, 0.717) is 24.8 Å². The van der Waals surface area contributed by atoms with Gasteiger partial charge in [0.1, 0.15) is 71.8 Å². The minimum Gasteiger partial charge on any atom is -0.458 e. The van der Waals surface area contributed by atoms with Crippen LogP contribution >= 0.6 is 0 Å². The molecule has 0 spiro atoms. The minimum absolute atomic E-state index is 0.0731. The molecule has 6 aliphatic rings. The molecular weight excluding hydrogens is 1190 g/mol. The summed E-state index contributed by atoms with van der Waals surface area (Å²) < 4.78 is 18.4. The summed E-state index contributed by atoms with van der Waals surface area (Å²) in [6, 6.07) is -7.85. The van der Waals surface area contributed by atoms with Crippen molar-refractivity contribution in [1.29, 1.82) is 0 Å². The minimum atomic E-state index is -1.88. The van der Waals surface area contributed by atoms with Crippen molar-refractivity contribution in [2.75, 3.05) is 60.1 Å². The van der Waals surface area contributed by atoms with E-state index in [9.17, 15) is 47.9 Å². The lowest BCUT2D eigenvalue weighted by Gasteiger charge is -2.36. The Morgan fingerprint density at radius 3 is 1.63 bits per heavy atom. The van der Waals surface area contributed by atoms with Crippen molar-refractivity contribution in [3.05, 3.63) is 44.6 Å². The standard InChI is InChI=1S/C64H90N12O16/c1-17-32(8)45-62(87)76-25-19-21-40(76)61(86)72(14)28-42(78)74(16)51(31(6)7)64(89)91-36(12)47(58(83)68-45)70-56(81)43-44(65)52(79)34(10)54-49(43)67-48-37(23-22-33(9)53(48)92-54)55(80)69-46-35(11)90-63(88)50(30(4)5)73(15)41(77)27-71(13)60(85)39-20-18-24-75(39)59(84)38(26-29(2)3)66-57(46)82/h22-23,29-32,35-36,38-40,45-47,50-51H,17-21,24-28,65H2,1-16H3,(H,66,82)(H,68,83)(H,69,80)(H,70,81). The number of benzene rings is 2. The topological polar surface area (TPSA) is 360 Å². The highest BCUT2D eigenvalue weighted by Crippen LogP contribution is 2.35. The van der Waals surface area contributed by atoms with E-state index in [1.165, 1.54) is 80.7 Å². The smallest absolute Gasteiger partial charge is 0.329 e. The number of aryl methyl sites for hydroxylation is 1. The molecule has 1 aliphatic carbocycles. The number of nitrogens with one attached hydrogen (secondary N) is 4. The molecule has 4 fully saturated rings. The van der Waals surface area contributed by atoms with Crippen molar-refractivity contribution >= 4 is 87.8 Å². The number of esters is 2. The largest absolute Gasteiger partial charge is 0.458 e. The second-order valence-electron chi connectivity index (χ2n) is 26.1. The van der Waals surface area contributed by atoms with Gasteiger partial charge in [0.2, 0.25) is 52.7 Å². The first-order chi connectivity index (χ1) is 43.1. The number of aromatic nitrogens is 1. The van der Waals surface area contributed by atoms with Crippen molar-refractivity contribution < 1.29 is 71.4 Å². The van der Waals surface area contributed by atoms with Crippen molar-refractivity contribution in [3.63, 3.8) is 0 Å². The van der Waals surface area contributed by atoms with Crippen molar-refractivity contribution in [1.82, 2.24) is 55.7 Å². The number of likely N-dealkylation sites (N-methyl/N-ethyl adjacent to an activating group) is 4. The van der Waals surface area contributed by atoms with Crippen LogP contribution in [0.4, 0.5) is 5.69 Å². The zero-order valence-corrected chi connectivity index (χ0v) is 55.5. The lowest BCUT2D eigenvalue weighted by molar-refractivity contribution is -0.163. The van der Waals surface area contributed by atoms with Gasteiger partial charge in [0.25, 0.3) is 11.8 Å². The molecule has 10 amide bonds. The van der Waals surface area contributed by atoms with Gasteiger partial charge in [-0.3, -0.25) is 52.7 Å². The number of nitrogens with two attached hydrogens (primary N) is 1. The van der Waals surface area contributed by atoms with Crippen LogP contribution in [0.5, 0.6) is 0 Å². The van der Waals surface area contributed by atoms with Gasteiger partial charge in [-0.2, -0.15) is 0 Å². The van der Waals surface area contributed by atoms with Crippen molar-refractivity contribution in [2.45, 2.75) is 182 Å². The molecule has 502 valence electrons. The highest BCUT2D eigenvalue weighted by atomic mass is 16.6. The number of carbonyl (C=O) groups is 12. The lowest BCUT2D eigenvalue weighted by atomic mass is 9.96. The number of rotatable bonds is 10. The molecule has 0 aromatic heterocycles. The molecule has 92 heavy (non-hydrogen) atoms. The predicted molar refractivity (Wildman–Crippen MR) is 335 cm³/mol. The molecule has 28 nitrogen and oxygen atoms in total. The number of hydrogen-bond donors (Lipinski definition) is 5. The van der Waals surface area contributed by atoms with Crippen molar-refractivity contribution in [2.24, 2.45) is 23.7 Å². The maximum absolute atomic E-state index is 15.3. The summed E-state index contributed by atoms with van der Waals surface area (Å²) in [6.45, 7) is 18.9. The van der Waals surface area contributed by atoms with Crippen LogP contribution < -0.4 is 32.4 Å². The quantitative estimate of drug-likeness (QED) is 0.109. The van der Waals surface area contributed by atoms with Gasteiger partial charge in [-0.25, -0.2) is 14.6 Å². The van der Waals surface area contributed by atoms with Gasteiger partial charge in [-0.15, -0.1) is 0 Å². The fourth-order valence-corrected chi connectivity index (χ4v) is 12.7. The molecule has 11 unspecified atom stereocenters. The van der Waals surface area contributed by atoms with Crippen LogP contribution in [0.15, 0.2) is 21.3 Å². The zero-order valence-electron chi connectivity index (χ0n) is 55.5. The maximum atomic E-state index is 15.3. The van der Waals surface area contributed by atoms with Crippen LogP contribution in [0.1, 0.15) is 140 Å². The molecule has 0 saturated carbocycles. The number of carbonyl (C=O) groups excluding carboxylic acids is 12.